The molecule has 0 unspecified atom stereocenters. The van der Waals surface area contributed by atoms with Crippen molar-refractivity contribution in [2.45, 2.75) is 19.1 Å². The summed E-state index contributed by atoms with van der Waals surface area (Å²) < 4.78 is 16.9. The van der Waals surface area contributed by atoms with E-state index in [0.717, 1.165) is 0 Å². The molecule has 1 rings (SSSR count). The lowest BCUT2D eigenvalue weighted by Crippen LogP contribution is -2.24. The lowest BCUT2D eigenvalue weighted by atomic mass is 10.0. The highest BCUT2D eigenvalue weighted by Gasteiger charge is 2.14. The van der Waals surface area contributed by atoms with E-state index in [1.54, 1.807) is 6.92 Å². The molecule has 1 aromatic carbocycles. The number of phenolic OH excluding ortho intramolecular Hbond substituents is 1. The molecule has 0 radical (unpaired) electrons. The molecule has 0 aliphatic heterocycles. The van der Waals surface area contributed by atoms with Gasteiger partial charge in [-0.15, -0.1) is 0 Å². The predicted octanol–water partition coefficient (Wildman–Crippen LogP) is 1.12. The van der Waals surface area contributed by atoms with Crippen LogP contribution in [0.25, 0.3) is 0 Å². The van der Waals surface area contributed by atoms with E-state index < -0.39 is 18.8 Å². The van der Waals surface area contributed by atoms with Gasteiger partial charge in [-0.1, -0.05) is 0 Å². The molecular formula is C11H16FNO3. The first-order valence-corrected chi connectivity index (χ1v) is 5.01. The van der Waals surface area contributed by atoms with Crippen LogP contribution in [0, 0.1) is 0 Å². The molecule has 1 aromatic rings. The van der Waals surface area contributed by atoms with Crippen molar-refractivity contribution in [3.05, 3.63) is 23.8 Å². The number of halogens is 1. The summed E-state index contributed by atoms with van der Waals surface area (Å²) in [6.45, 7) is 0.953. The summed E-state index contributed by atoms with van der Waals surface area (Å²) in [5, 5.41) is 19.1. The molecule has 5 heteroatoms. The number of benzene rings is 1. The van der Waals surface area contributed by atoms with Crippen molar-refractivity contribution in [1.29, 1.82) is 0 Å². The van der Waals surface area contributed by atoms with Crippen LogP contribution in [0.3, 0.4) is 0 Å². The fourth-order valence-corrected chi connectivity index (χ4v) is 1.32. The molecule has 0 aliphatic rings. The fraction of sp³-hybridized carbons (Fsp3) is 0.455. The topological polar surface area (TPSA) is 75.7 Å². The van der Waals surface area contributed by atoms with Crippen LogP contribution in [-0.2, 0) is 0 Å². The van der Waals surface area contributed by atoms with E-state index in [1.807, 2.05) is 0 Å². The molecular weight excluding hydrogens is 213 g/mol. The number of aliphatic hydroxyl groups is 1. The molecule has 4 N–H and O–H groups in total. The molecule has 4 nitrogen and oxygen atoms in total. The second kappa shape index (κ2) is 5.67. The Morgan fingerprint density at radius 3 is 2.69 bits per heavy atom. The molecule has 0 saturated heterocycles. The maximum Gasteiger partial charge on any atom is 0.123 e. The van der Waals surface area contributed by atoms with Gasteiger partial charge >= 0.3 is 0 Å². The molecule has 0 fully saturated rings. The average Bonchev–Trinajstić information content (AvgIpc) is 2.24. The summed E-state index contributed by atoms with van der Waals surface area (Å²) >= 11 is 0. The number of aromatic hydroxyl groups is 1. The third-order valence-corrected chi connectivity index (χ3v) is 2.10. The first-order chi connectivity index (χ1) is 7.54. The van der Waals surface area contributed by atoms with Crippen LogP contribution in [0.1, 0.15) is 18.6 Å². The van der Waals surface area contributed by atoms with Crippen LogP contribution < -0.4 is 10.5 Å². The quantitative estimate of drug-likeness (QED) is 0.707. The lowest BCUT2D eigenvalue weighted by molar-refractivity contribution is 0.152. The molecule has 2 atom stereocenters. The highest BCUT2D eigenvalue weighted by atomic mass is 19.1. The van der Waals surface area contributed by atoms with Crippen LogP contribution in [0.5, 0.6) is 11.5 Å². The Morgan fingerprint density at radius 1 is 1.44 bits per heavy atom. The number of rotatable bonds is 5. The summed E-state index contributed by atoms with van der Waals surface area (Å²) in [5.41, 5.74) is 5.98. The van der Waals surface area contributed by atoms with Crippen molar-refractivity contribution in [2.75, 3.05) is 13.3 Å². The highest BCUT2D eigenvalue weighted by Crippen LogP contribution is 2.26. The molecule has 0 aliphatic carbocycles. The van der Waals surface area contributed by atoms with E-state index in [4.69, 9.17) is 10.5 Å². The van der Waals surface area contributed by atoms with Gasteiger partial charge in [0.25, 0.3) is 0 Å². The monoisotopic (exact) mass is 229 g/mol. The predicted molar refractivity (Wildman–Crippen MR) is 58.2 cm³/mol. The summed E-state index contributed by atoms with van der Waals surface area (Å²) in [5.74, 6) is 0.262. The Balaban J connectivity index is 2.89. The van der Waals surface area contributed by atoms with E-state index in [1.165, 1.54) is 18.2 Å². The first kappa shape index (κ1) is 12.7. The van der Waals surface area contributed by atoms with Crippen molar-refractivity contribution < 1.29 is 19.3 Å². The third-order valence-electron chi connectivity index (χ3n) is 2.10. The molecule has 16 heavy (non-hydrogen) atoms. The summed E-state index contributed by atoms with van der Waals surface area (Å²) in [6, 6.07) is 3.82. The second-order valence-corrected chi connectivity index (χ2v) is 3.60. The van der Waals surface area contributed by atoms with Gasteiger partial charge in [0.2, 0.25) is 0 Å². The Hall–Kier alpha value is -1.33. The molecule has 90 valence electrons. The van der Waals surface area contributed by atoms with Gasteiger partial charge in [-0.3, -0.25) is 0 Å². The van der Waals surface area contributed by atoms with Crippen LogP contribution in [0.4, 0.5) is 4.39 Å². The number of hydrogen-bond donors (Lipinski definition) is 3. The van der Waals surface area contributed by atoms with Crippen molar-refractivity contribution in [1.82, 2.24) is 0 Å². The minimum Gasteiger partial charge on any atom is -0.508 e. The van der Waals surface area contributed by atoms with Crippen molar-refractivity contribution >= 4 is 0 Å². The normalized spacial score (nSPS) is 14.5. The Labute approximate surface area is 93.5 Å². The largest absolute Gasteiger partial charge is 0.508 e. The summed E-state index contributed by atoms with van der Waals surface area (Å²) in [4.78, 5) is 0. The number of alkyl halides is 1. The molecule has 0 spiro atoms. The van der Waals surface area contributed by atoms with Gasteiger partial charge in [0.05, 0.1) is 6.10 Å². The van der Waals surface area contributed by atoms with Gasteiger partial charge in [0.1, 0.15) is 24.8 Å². The molecule has 0 saturated carbocycles. The molecule has 0 bridgehead atoms. The maximum atomic E-state index is 11.9. The van der Waals surface area contributed by atoms with Gasteiger partial charge in [0, 0.05) is 12.1 Å². The maximum absolute atomic E-state index is 11.9. The first-order valence-electron chi connectivity index (χ1n) is 5.01. The SMILES string of the molecule is C[C@H](N)[C@H](O)c1cc(O)cc(OCCF)c1. The molecule has 0 amide bonds. The second-order valence-electron chi connectivity index (χ2n) is 3.60. The van der Waals surface area contributed by atoms with Crippen LogP contribution in [0.2, 0.25) is 0 Å². The fourth-order valence-electron chi connectivity index (χ4n) is 1.32. The van der Waals surface area contributed by atoms with E-state index in [9.17, 15) is 14.6 Å². The number of phenols is 1. The number of ether oxygens (including phenoxy) is 1. The van der Waals surface area contributed by atoms with Crippen LogP contribution in [0.15, 0.2) is 18.2 Å². The van der Waals surface area contributed by atoms with Crippen LogP contribution >= 0.6 is 0 Å². The van der Waals surface area contributed by atoms with Gasteiger partial charge < -0.3 is 20.7 Å². The Morgan fingerprint density at radius 2 is 2.12 bits per heavy atom. The van der Waals surface area contributed by atoms with Crippen LogP contribution in [-0.4, -0.2) is 29.5 Å². The Bertz CT molecular complexity index is 344. The lowest BCUT2D eigenvalue weighted by Gasteiger charge is -2.16. The summed E-state index contributed by atoms with van der Waals surface area (Å²) in [6.07, 6.45) is -0.889. The van der Waals surface area contributed by atoms with Gasteiger partial charge in [-0.2, -0.15) is 0 Å². The number of aliphatic hydroxyl groups excluding tert-OH is 1. The minimum absolute atomic E-state index is 0.0499. The zero-order valence-electron chi connectivity index (χ0n) is 9.06. The van der Waals surface area contributed by atoms with Crippen molar-refractivity contribution in [2.24, 2.45) is 5.73 Å². The third kappa shape index (κ3) is 3.36. The van der Waals surface area contributed by atoms with Gasteiger partial charge in [-0.05, 0) is 24.6 Å². The number of nitrogens with two attached hydrogens (primary N) is 1. The van der Waals surface area contributed by atoms with Gasteiger partial charge in [-0.25, -0.2) is 4.39 Å². The molecule has 0 aromatic heterocycles. The highest BCUT2D eigenvalue weighted by molar-refractivity contribution is 5.38. The Kier molecular flexibility index (Phi) is 4.52. The van der Waals surface area contributed by atoms with E-state index >= 15 is 0 Å². The smallest absolute Gasteiger partial charge is 0.123 e. The van der Waals surface area contributed by atoms with E-state index in [-0.39, 0.29) is 12.4 Å². The number of hydrogen-bond acceptors (Lipinski definition) is 4. The average molecular weight is 229 g/mol. The zero-order chi connectivity index (χ0) is 12.1. The minimum atomic E-state index is -0.889. The summed E-state index contributed by atoms with van der Waals surface area (Å²) in [7, 11) is 0. The van der Waals surface area contributed by atoms with Crippen molar-refractivity contribution in [3.8, 4) is 11.5 Å². The van der Waals surface area contributed by atoms with Crippen molar-refractivity contribution in [3.63, 3.8) is 0 Å². The van der Waals surface area contributed by atoms with E-state index in [2.05, 4.69) is 0 Å². The standard InChI is InChI=1S/C11H16FNO3/c1-7(13)11(15)8-4-9(14)6-10(5-8)16-3-2-12/h4-7,11,14-15H,2-3,13H2,1H3/t7-,11-/m0/s1. The van der Waals surface area contributed by atoms with E-state index in [0.29, 0.717) is 11.3 Å². The molecule has 0 heterocycles. The van der Waals surface area contributed by atoms with Gasteiger partial charge in [0.15, 0.2) is 0 Å². The zero-order valence-corrected chi connectivity index (χ0v) is 9.06.